The summed E-state index contributed by atoms with van der Waals surface area (Å²) in [6, 6.07) is 0. The first-order valence-electron chi connectivity index (χ1n) is 4.37. The maximum atomic E-state index is 8.89. The Hall–Kier alpha value is -0.940. The fraction of sp³-hybridized carbons (Fsp3) is 0.750. The van der Waals surface area contributed by atoms with Crippen LogP contribution in [-0.4, -0.2) is 32.6 Å². The molecule has 0 bridgehead atoms. The van der Waals surface area contributed by atoms with Gasteiger partial charge < -0.3 is 14.4 Å². The standard InChI is InChI=1S/C8H15N3O2/c1-3-13-7(2)4-11-6-9-10-8(11)5-12/h6-7,12H,3-5H2,1-2H3. The Balaban J connectivity index is 2.52. The number of aliphatic hydroxyl groups is 1. The Morgan fingerprint density at radius 2 is 2.46 bits per heavy atom. The molecule has 1 heterocycles. The van der Waals surface area contributed by atoms with Gasteiger partial charge in [0, 0.05) is 6.61 Å². The molecule has 0 radical (unpaired) electrons. The average Bonchev–Trinajstić information content (AvgIpc) is 2.52. The van der Waals surface area contributed by atoms with Gasteiger partial charge in [-0.2, -0.15) is 0 Å². The molecule has 74 valence electrons. The number of nitrogens with zero attached hydrogens (tertiary/aromatic N) is 3. The van der Waals surface area contributed by atoms with E-state index in [1.807, 2.05) is 13.8 Å². The summed E-state index contributed by atoms with van der Waals surface area (Å²) in [7, 11) is 0. The lowest BCUT2D eigenvalue weighted by molar-refractivity contribution is 0.0625. The Kier molecular flexibility index (Phi) is 3.85. The third-order valence-corrected chi connectivity index (χ3v) is 1.74. The van der Waals surface area contributed by atoms with Gasteiger partial charge in [-0.25, -0.2) is 0 Å². The number of ether oxygens (including phenoxy) is 1. The van der Waals surface area contributed by atoms with Crippen molar-refractivity contribution in [2.75, 3.05) is 6.61 Å². The molecular weight excluding hydrogens is 170 g/mol. The minimum absolute atomic E-state index is 0.0845. The molecule has 1 N–H and O–H groups in total. The van der Waals surface area contributed by atoms with E-state index in [1.54, 1.807) is 10.9 Å². The zero-order chi connectivity index (χ0) is 9.68. The summed E-state index contributed by atoms with van der Waals surface area (Å²) < 4.78 is 7.15. The van der Waals surface area contributed by atoms with Gasteiger partial charge in [0.1, 0.15) is 12.9 Å². The van der Waals surface area contributed by atoms with Crippen LogP contribution in [0.3, 0.4) is 0 Å². The highest BCUT2D eigenvalue weighted by atomic mass is 16.5. The van der Waals surface area contributed by atoms with Crippen LogP contribution in [0.4, 0.5) is 0 Å². The van der Waals surface area contributed by atoms with Gasteiger partial charge in [-0.05, 0) is 13.8 Å². The van der Waals surface area contributed by atoms with E-state index in [0.717, 1.165) is 0 Å². The van der Waals surface area contributed by atoms with Gasteiger partial charge in [0.2, 0.25) is 0 Å². The SMILES string of the molecule is CCOC(C)Cn1cnnc1CO. The first kappa shape index (κ1) is 10.1. The minimum Gasteiger partial charge on any atom is -0.388 e. The summed E-state index contributed by atoms with van der Waals surface area (Å²) >= 11 is 0. The molecule has 1 atom stereocenters. The molecule has 0 saturated carbocycles. The van der Waals surface area contributed by atoms with Crippen molar-refractivity contribution >= 4 is 0 Å². The molecule has 1 rings (SSSR count). The predicted octanol–water partition coefficient (Wildman–Crippen LogP) is 0.195. The molecule has 5 heteroatoms. The van der Waals surface area contributed by atoms with Crippen molar-refractivity contribution in [3.63, 3.8) is 0 Å². The normalized spacial score (nSPS) is 13.2. The van der Waals surface area contributed by atoms with Crippen molar-refractivity contribution < 1.29 is 9.84 Å². The van der Waals surface area contributed by atoms with Crippen LogP contribution in [0.15, 0.2) is 6.33 Å². The van der Waals surface area contributed by atoms with E-state index in [-0.39, 0.29) is 12.7 Å². The van der Waals surface area contributed by atoms with Crippen molar-refractivity contribution in [1.82, 2.24) is 14.8 Å². The zero-order valence-electron chi connectivity index (χ0n) is 7.97. The molecule has 5 nitrogen and oxygen atoms in total. The highest BCUT2D eigenvalue weighted by Gasteiger charge is 2.06. The summed E-state index contributed by atoms with van der Waals surface area (Å²) in [6.07, 6.45) is 1.72. The van der Waals surface area contributed by atoms with Crippen LogP contribution in [0.25, 0.3) is 0 Å². The maximum Gasteiger partial charge on any atom is 0.158 e. The highest BCUT2D eigenvalue weighted by molar-refractivity contribution is 4.82. The van der Waals surface area contributed by atoms with E-state index in [9.17, 15) is 0 Å². The molecule has 0 aliphatic carbocycles. The monoisotopic (exact) mass is 185 g/mol. The van der Waals surface area contributed by atoms with Gasteiger partial charge in [-0.3, -0.25) is 0 Å². The molecular formula is C8H15N3O2. The molecule has 0 aliphatic heterocycles. The second-order valence-electron chi connectivity index (χ2n) is 2.82. The van der Waals surface area contributed by atoms with E-state index in [4.69, 9.17) is 9.84 Å². The van der Waals surface area contributed by atoms with E-state index < -0.39 is 0 Å². The van der Waals surface area contributed by atoms with Crippen LogP contribution in [0.2, 0.25) is 0 Å². The highest BCUT2D eigenvalue weighted by Crippen LogP contribution is 2.00. The largest absolute Gasteiger partial charge is 0.388 e. The summed E-state index contributed by atoms with van der Waals surface area (Å²) in [6.45, 7) is 5.22. The summed E-state index contributed by atoms with van der Waals surface area (Å²) in [5.74, 6) is 0.576. The van der Waals surface area contributed by atoms with E-state index in [1.165, 1.54) is 0 Å². The molecule has 0 amide bonds. The lowest BCUT2D eigenvalue weighted by atomic mass is 10.4. The Bertz CT molecular complexity index is 249. The Morgan fingerprint density at radius 1 is 1.69 bits per heavy atom. The first-order chi connectivity index (χ1) is 6.27. The fourth-order valence-electron chi connectivity index (χ4n) is 1.17. The second kappa shape index (κ2) is 4.94. The third-order valence-electron chi connectivity index (χ3n) is 1.74. The number of aliphatic hydroxyl groups excluding tert-OH is 1. The molecule has 0 fully saturated rings. The van der Waals surface area contributed by atoms with Crippen molar-refractivity contribution in [2.45, 2.75) is 33.1 Å². The van der Waals surface area contributed by atoms with E-state index in [2.05, 4.69) is 10.2 Å². The predicted molar refractivity (Wildman–Crippen MR) is 47.0 cm³/mol. The maximum absolute atomic E-state index is 8.89. The summed E-state index contributed by atoms with van der Waals surface area (Å²) in [4.78, 5) is 0. The van der Waals surface area contributed by atoms with Gasteiger partial charge in [0.05, 0.1) is 12.6 Å². The van der Waals surface area contributed by atoms with E-state index >= 15 is 0 Å². The van der Waals surface area contributed by atoms with Crippen molar-refractivity contribution in [3.05, 3.63) is 12.2 Å². The summed E-state index contributed by atoms with van der Waals surface area (Å²) in [5, 5.41) is 16.3. The van der Waals surface area contributed by atoms with Gasteiger partial charge in [0.15, 0.2) is 5.82 Å². The number of aromatic nitrogens is 3. The van der Waals surface area contributed by atoms with Crippen LogP contribution in [0, 0.1) is 0 Å². The molecule has 13 heavy (non-hydrogen) atoms. The van der Waals surface area contributed by atoms with Gasteiger partial charge in [0.25, 0.3) is 0 Å². The van der Waals surface area contributed by atoms with Gasteiger partial charge in [-0.1, -0.05) is 0 Å². The molecule has 1 aromatic heterocycles. The quantitative estimate of drug-likeness (QED) is 0.711. The molecule has 0 aliphatic rings. The smallest absolute Gasteiger partial charge is 0.158 e. The van der Waals surface area contributed by atoms with Crippen molar-refractivity contribution in [2.24, 2.45) is 0 Å². The number of rotatable bonds is 5. The Morgan fingerprint density at radius 3 is 3.08 bits per heavy atom. The first-order valence-corrected chi connectivity index (χ1v) is 4.37. The van der Waals surface area contributed by atoms with Gasteiger partial charge in [-0.15, -0.1) is 10.2 Å². The molecule has 1 aromatic rings. The van der Waals surface area contributed by atoms with Crippen LogP contribution >= 0.6 is 0 Å². The van der Waals surface area contributed by atoms with Crippen molar-refractivity contribution in [3.8, 4) is 0 Å². The van der Waals surface area contributed by atoms with Gasteiger partial charge >= 0.3 is 0 Å². The summed E-state index contributed by atoms with van der Waals surface area (Å²) in [5.41, 5.74) is 0. The molecule has 0 aromatic carbocycles. The third kappa shape index (κ3) is 2.78. The topological polar surface area (TPSA) is 60.2 Å². The second-order valence-corrected chi connectivity index (χ2v) is 2.82. The van der Waals surface area contributed by atoms with Crippen LogP contribution < -0.4 is 0 Å². The van der Waals surface area contributed by atoms with Crippen LogP contribution in [0.5, 0.6) is 0 Å². The Labute approximate surface area is 77.4 Å². The van der Waals surface area contributed by atoms with Crippen LogP contribution in [0.1, 0.15) is 19.7 Å². The number of hydrogen-bond donors (Lipinski definition) is 1. The van der Waals surface area contributed by atoms with Crippen molar-refractivity contribution in [1.29, 1.82) is 0 Å². The van der Waals surface area contributed by atoms with E-state index in [0.29, 0.717) is 19.0 Å². The van der Waals surface area contributed by atoms with Crippen LogP contribution in [-0.2, 0) is 17.9 Å². The molecule has 1 unspecified atom stereocenters. The minimum atomic E-state index is -0.0845. The molecule has 0 spiro atoms. The molecule has 0 saturated heterocycles. The lowest BCUT2D eigenvalue weighted by Gasteiger charge is -2.12. The average molecular weight is 185 g/mol. The zero-order valence-corrected chi connectivity index (χ0v) is 7.97. The fourth-order valence-corrected chi connectivity index (χ4v) is 1.17. The lowest BCUT2D eigenvalue weighted by Crippen LogP contribution is -2.17. The number of hydrogen-bond acceptors (Lipinski definition) is 4.